The molecule has 2 aromatic rings. The predicted octanol–water partition coefficient (Wildman–Crippen LogP) is 3.00. The quantitative estimate of drug-likeness (QED) is 0.760. The molecule has 32 heavy (non-hydrogen) atoms. The number of aromatic hydroxyl groups is 1. The highest BCUT2D eigenvalue weighted by atomic mass is 16.3. The van der Waals surface area contributed by atoms with Crippen molar-refractivity contribution in [2.75, 3.05) is 26.7 Å². The maximum absolute atomic E-state index is 13.0. The summed E-state index contributed by atoms with van der Waals surface area (Å²) in [5.41, 5.74) is 4.26. The average molecular weight is 436 g/mol. The number of benzene rings is 1. The highest BCUT2D eigenvalue weighted by molar-refractivity contribution is 5.94. The summed E-state index contributed by atoms with van der Waals surface area (Å²) in [6.07, 6.45) is 4.52. The van der Waals surface area contributed by atoms with Gasteiger partial charge < -0.3 is 19.9 Å². The van der Waals surface area contributed by atoms with Gasteiger partial charge in [0.25, 0.3) is 11.5 Å². The number of hydrogen-bond donors (Lipinski definition) is 2. The summed E-state index contributed by atoms with van der Waals surface area (Å²) in [7, 11) is 2.18. The van der Waals surface area contributed by atoms with Gasteiger partial charge >= 0.3 is 0 Å². The van der Waals surface area contributed by atoms with Crippen LogP contribution in [0.15, 0.2) is 29.1 Å². The number of piperidine rings is 1. The van der Waals surface area contributed by atoms with Crippen LogP contribution in [0.3, 0.4) is 0 Å². The number of rotatable bonds is 2. The van der Waals surface area contributed by atoms with Crippen molar-refractivity contribution in [1.82, 2.24) is 14.8 Å². The predicted molar refractivity (Wildman–Crippen MR) is 124 cm³/mol. The van der Waals surface area contributed by atoms with Crippen LogP contribution >= 0.6 is 0 Å². The van der Waals surface area contributed by atoms with E-state index in [2.05, 4.69) is 30.8 Å². The molecule has 3 heterocycles. The molecule has 1 aromatic heterocycles. The lowest BCUT2D eigenvalue weighted by Crippen LogP contribution is -2.57. The number of nitrogens with one attached hydrogen (secondary N) is 1. The minimum absolute atomic E-state index is 0.138. The fourth-order valence-corrected chi connectivity index (χ4v) is 6.45. The van der Waals surface area contributed by atoms with Crippen molar-refractivity contribution in [2.24, 2.45) is 5.92 Å². The van der Waals surface area contributed by atoms with Gasteiger partial charge in [0.05, 0.1) is 0 Å². The molecular formula is C26H33N3O3. The molecule has 0 saturated carbocycles. The zero-order chi connectivity index (χ0) is 22.6. The van der Waals surface area contributed by atoms with Gasteiger partial charge in [-0.3, -0.25) is 9.59 Å². The third-order valence-corrected chi connectivity index (χ3v) is 8.43. The second-order valence-corrected chi connectivity index (χ2v) is 10.1. The Hall–Kier alpha value is -2.60. The molecular weight excluding hydrogens is 402 g/mol. The van der Waals surface area contributed by atoms with E-state index in [0.29, 0.717) is 12.0 Å². The third kappa shape index (κ3) is 3.27. The lowest BCUT2D eigenvalue weighted by molar-refractivity contribution is 0.0447. The molecule has 6 nitrogen and oxygen atoms in total. The van der Waals surface area contributed by atoms with E-state index >= 15 is 0 Å². The third-order valence-electron chi connectivity index (χ3n) is 8.43. The summed E-state index contributed by atoms with van der Waals surface area (Å²) in [5.74, 6) is 0.479. The molecule has 2 saturated heterocycles. The molecule has 170 valence electrons. The number of aromatic nitrogens is 1. The molecule has 3 atom stereocenters. The van der Waals surface area contributed by atoms with Crippen LogP contribution in [0, 0.1) is 12.8 Å². The van der Waals surface area contributed by atoms with Crippen molar-refractivity contribution in [2.45, 2.75) is 57.4 Å². The van der Waals surface area contributed by atoms with Crippen LogP contribution in [0.25, 0.3) is 0 Å². The van der Waals surface area contributed by atoms with E-state index in [1.165, 1.54) is 11.1 Å². The fourth-order valence-electron chi connectivity index (χ4n) is 6.45. The fraction of sp³-hybridized carbons (Fsp3) is 0.538. The first-order valence-corrected chi connectivity index (χ1v) is 11.8. The number of hydrogen-bond acceptors (Lipinski definition) is 4. The van der Waals surface area contributed by atoms with Gasteiger partial charge in [-0.25, -0.2) is 0 Å². The summed E-state index contributed by atoms with van der Waals surface area (Å²) in [6.45, 7) is 6.83. The van der Waals surface area contributed by atoms with Crippen LogP contribution in [-0.4, -0.2) is 58.5 Å². The van der Waals surface area contributed by atoms with E-state index in [4.69, 9.17) is 0 Å². The summed E-state index contributed by atoms with van der Waals surface area (Å²) < 4.78 is 0. The van der Waals surface area contributed by atoms with Crippen LogP contribution in [-0.2, 0) is 18.3 Å². The van der Waals surface area contributed by atoms with E-state index < -0.39 is 0 Å². The number of phenols is 1. The van der Waals surface area contributed by atoms with Gasteiger partial charge in [-0.15, -0.1) is 0 Å². The summed E-state index contributed by atoms with van der Waals surface area (Å²) in [6, 6.07) is 7.89. The number of aromatic amines is 1. The second kappa shape index (κ2) is 7.77. The molecule has 0 bridgehead atoms. The zero-order valence-electron chi connectivity index (χ0n) is 19.3. The highest BCUT2D eigenvalue weighted by Crippen LogP contribution is 2.50. The number of fused-ring (bicyclic) bond motifs is 2. The van der Waals surface area contributed by atoms with E-state index in [0.717, 1.165) is 63.0 Å². The molecule has 1 amide bonds. The van der Waals surface area contributed by atoms with E-state index in [1.807, 2.05) is 18.2 Å². The Morgan fingerprint density at radius 2 is 1.94 bits per heavy atom. The van der Waals surface area contributed by atoms with Crippen LogP contribution in [0.2, 0.25) is 0 Å². The first-order chi connectivity index (χ1) is 15.3. The lowest BCUT2D eigenvalue weighted by Gasteiger charge is -2.54. The number of H-pyrrole nitrogens is 1. The molecule has 1 aliphatic carbocycles. The van der Waals surface area contributed by atoms with Crippen LogP contribution in [0.1, 0.15) is 58.9 Å². The molecule has 2 N–H and O–H groups in total. The molecule has 0 spiro atoms. The molecule has 3 aliphatic rings. The zero-order valence-corrected chi connectivity index (χ0v) is 19.3. The maximum atomic E-state index is 13.0. The average Bonchev–Trinajstić information content (AvgIpc) is 3.31. The molecule has 2 fully saturated rings. The van der Waals surface area contributed by atoms with E-state index in [-0.39, 0.29) is 28.2 Å². The van der Waals surface area contributed by atoms with E-state index in [1.54, 1.807) is 11.0 Å². The number of likely N-dealkylation sites (tertiary alicyclic amines) is 2. The molecule has 2 unspecified atom stereocenters. The van der Waals surface area contributed by atoms with Crippen LogP contribution in [0.4, 0.5) is 0 Å². The van der Waals surface area contributed by atoms with Crippen LogP contribution < -0.4 is 5.56 Å². The van der Waals surface area contributed by atoms with Gasteiger partial charge in [0, 0.05) is 30.2 Å². The van der Waals surface area contributed by atoms with Gasteiger partial charge in [-0.05, 0) is 100 Å². The molecule has 6 heteroatoms. The number of carbonyl (C=O) groups excluding carboxylic acids is 1. The Balaban J connectivity index is 1.61. The Labute approximate surface area is 189 Å². The Morgan fingerprint density at radius 3 is 2.69 bits per heavy atom. The topological polar surface area (TPSA) is 76.6 Å². The van der Waals surface area contributed by atoms with Crippen molar-refractivity contribution in [3.63, 3.8) is 0 Å². The van der Waals surface area contributed by atoms with Crippen molar-refractivity contribution in [3.8, 4) is 5.75 Å². The smallest absolute Gasteiger partial charge is 0.261 e. The Bertz CT molecular complexity index is 1120. The van der Waals surface area contributed by atoms with Crippen molar-refractivity contribution >= 4 is 5.91 Å². The lowest BCUT2D eigenvalue weighted by atomic mass is 9.56. The number of carbonyl (C=O) groups is 1. The van der Waals surface area contributed by atoms with Gasteiger partial charge in [0.1, 0.15) is 11.3 Å². The van der Waals surface area contributed by atoms with Gasteiger partial charge in [0.2, 0.25) is 0 Å². The maximum Gasteiger partial charge on any atom is 0.261 e. The summed E-state index contributed by atoms with van der Waals surface area (Å²) in [4.78, 5) is 33.3. The van der Waals surface area contributed by atoms with Crippen LogP contribution in [0.5, 0.6) is 5.75 Å². The SMILES string of the molecule is Cc1ccc(O)cc1[C@]12CCN(C)C(C)C1Cc1cc(C(=O)N3CCCC3)c(=O)[nH]c1C2. The second-order valence-electron chi connectivity index (χ2n) is 10.1. The first-order valence-electron chi connectivity index (χ1n) is 11.8. The summed E-state index contributed by atoms with van der Waals surface area (Å²) in [5, 5.41) is 10.3. The monoisotopic (exact) mass is 435 g/mol. The summed E-state index contributed by atoms with van der Waals surface area (Å²) >= 11 is 0. The van der Waals surface area contributed by atoms with Gasteiger partial charge in [-0.2, -0.15) is 0 Å². The minimum atomic E-state index is -0.275. The van der Waals surface area contributed by atoms with Crippen molar-refractivity contribution in [3.05, 3.63) is 62.6 Å². The van der Waals surface area contributed by atoms with E-state index in [9.17, 15) is 14.7 Å². The van der Waals surface area contributed by atoms with Gasteiger partial charge in [-0.1, -0.05) is 6.07 Å². The molecule has 2 aliphatic heterocycles. The minimum Gasteiger partial charge on any atom is -0.508 e. The Morgan fingerprint density at radius 1 is 1.19 bits per heavy atom. The first kappa shape index (κ1) is 21.3. The number of aryl methyl sites for hydroxylation is 1. The highest BCUT2D eigenvalue weighted by Gasteiger charge is 2.50. The molecule has 0 radical (unpaired) electrons. The molecule has 5 rings (SSSR count). The van der Waals surface area contributed by atoms with Gasteiger partial charge in [0.15, 0.2) is 0 Å². The standard InChI is InChI=1S/C26H33N3O3/c1-16-6-7-19(30)14-21(16)26-8-11-28(3)17(2)22(26)13-18-12-20(24(31)27-23(18)15-26)25(32)29-9-4-5-10-29/h6-7,12,14,17,22,30H,4-5,8-11,13,15H2,1-3H3,(H,27,31)/t17?,22?,26-/m1/s1. The number of pyridine rings is 1. The number of amides is 1. The van der Waals surface area contributed by atoms with Crippen molar-refractivity contribution in [1.29, 1.82) is 0 Å². The number of nitrogens with zero attached hydrogens (tertiary/aromatic N) is 2. The largest absolute Gasteiger partial charge is 0.508 e. The normalized spacial score (nSPS) is 27.8. The molecule has 1 aromatic carbocycles. The number of phenolic OH excluding ortho intramolecular Hbond substituents is 1. The van der Waals surface area contributed by atoms with Crippen molar-refractivity contribution < 1.29 is 9.90 Å². The Kier molecular flexibility index (Phi) is 5.16.